The molecule has 0 unspecified atom stereocenters. The summed E-state index contributed by atoms with van der Waals surface area (Å²) in [6, 6.07) is 16.3. The minimum atomic E-state index is -0.0199. The second-order valence-corrected chi connectivity index (χ2v) is 5.61. The van der Waals surface area contributed by atoms with Gasteiger partial charge in [0.25, 0.3) is 0 Å². The van der Waals surface area contributed by atoms with Gasteiger partial charge in [0.1, 0.15) is 0 Å². The predicted molar refractivity (Wildman–Crippen MR) is 88.2 cm³/mol. The Morgan fingerprint density at radius 1 is 0.857 bits per heavy atom. The molecule has 0 aliphatic carbocycles. The zero-order valence-corrected chi connectivity index (χ0v) is 12.6. The molecule has 4 heteroatoms. The topological polar surface area (TPSA) is 26.7 Å². The molecular weight excluding hydrogens is 284 g/mol. The molecule has 0 atom stereocenters. The van der Waals surface area contributed by atoms with Crippen LogP contribution in [0.4, 0.5) is 11.4 Å². The van der Waals surface area contributed by atoms with E-state index in [0.717, 1.165) is 37.4 Å². The Morgan fingerprint density at radius 2 is 1.52 bits per heavy atom. The van der Waals surface area contributed by atoms with Crippen molar-refractivity contribution in [3.8, 4) is 0 Å². The fraction of sp³-hybridized carbons (Fsp3) is 0.294. The van der Waals surface area contributed by atoms with Crippen molar-refractivity contribution in [3.63, 3.8) is 0 Å². The first-order chi connectivity index (χ1) is 10.3. The number of para-hydroxylation sites is 1. The average Bonchev–Trinajstić information content (AvgIpc) is 2.55. The van der Waals surface area contributed by atoms with Gasteiger partial charge < -0.3 is 14.9 Å². The van der Waals surface area contributed by atoms with E-state index in [2.05, 4.69) is 34.1 Å². The third kappa shape index (κ3) is 2.99. The summed E-state index contributed by atoms with van der Waals surface area (Å²) in [6.45, 7) is 3.79. The quantitative estimate of drug-likeness (QED) is 0.943. The lowest BCUT2D eigenvalue weighted by atomic mass is 10.1. The largest absolute Gasteiger partial charge is 0.392 e. The summed E-state index contributed by atoms with van der Waals surface area (Å²) < 4.78 is 0. The number of hydrogen-bond acceptors (Lipinski definition) is 3. The van der Waals surface area contributed by atoms with Crippen molar-refractivity contribution in [2.45, 2.75) is 6.61 Å². The Bertz CT molecular complexity index is 595. The molecule has 1 aliphatic rings. The fourth-order valence-electron chi connectivity index (χ4n) is 2.84. The van der Waals surface area contributed by atoms with E-state index in [1.54, 1.807) is 0 Å². The molecule has 3 rings (SSSR count). The maximum Gasteiger partial charge on any atom is 0.0716 e. The summed E-state index contributed by atoms with van der Waals surface area (Å²) in [4.78, 5) is 4.69. The van der Waals surface area contributed by atoms with Gasteiger partial charge in [-0.3, -0.25) is 0 Å². The summed E-state index contributed by atoms with van der Waals surface area (Å²) in [5.41, 5.74) is 3.15. The van der Waals surface area contributed by atoms with Gasteiger partial charge in [-0.2, -0.15) is 0 Å². The molecule has 0 spiro atoms. The van der Waals surface area contributed by atoms with Gasteiger partial charge in [-0.1, -0.05) is 35.9 Å². The maximum absolute atomic E-state index is 9.54. The molecule has 2 aromatic rings. The van der Waals surface area contributed by atoms with E-state index in [4.69, 9.17) is 11.6 Å². The lowest BCUT2D eigenvalue weighted by Gasteiger charge is -2.38. The summed E-state index contributed by atoms with van der Waals surface area (Å²) >= 11 is 6.18. The second-order valence-electron chi connectivity index (χ2n) is 5.21. The van der Waals surface area contributed by atoms with Gasteiger partial charge in [-0.05, 0) is 24.3 Å². The molecule has 1 N–H and O–H groups in total. The third-order valence-electron chi connectivity index (χ3n) is 3.99. The molecule has 1 saturated heterocycles. The molecule has 0 amide bonds. The van der Waals surface area contributed by atoms with Crippen molar-refractivity contribution in [2.24, 2.45) is 0 Å². The van der Waals surface area contributed by atoms with Gasteiger partial charge >= 0.3 is 0 Å². The van der Waals surface area contributed by atoms with Gasteiger partial charge in [0.15, 0.2) is 0 Å². The van der Waals surface area contributed by atoms with Crippen LogP contribution in [0.5, 0.6) is 0 Å². The molecule has 1 fully saturated rings. The van der Waals surface area contributed by atoms with Crippen LogP contribution in [0.15, 0.2) is 48.5 Å². The van der Waals surface area contributed by atoms with E-state index in [0.29, 0.717) is 5.02 Å². The van der Waals surface area contributed by atoms with E-state index < -0.39 is 0 Å². The summed E-state index contributed by atoms with van der Waals surface area (Å²) in [6.07, 6.45) is 0. The number of aliphatic hydroxyl groups is 1. The molecule has 21 heavy (non-hydrogen) atoms. The molecule has 3 nitrogen and oxygen atoms in total. The van der Waals surface area contributed by atoms with Crippen molar-refractivity contribution in [1.82, 2.24) is 0 Å². The molecule has 0 bridgehead atoms. The van der Waals surface area contributed by atoms with Crippen molar-refractivity contribution in [3.05, 3.63) is 59.1 Å². The van der Waals surface area contributed by atoms with Crippen LogP contribution in [0, 0.1) is 0 Å². The van der Waals surface area contributed by atoms with Crippen molar-refractivity contribution >= 4 is 23.0 Å². The minimum absolute atomic E-state index is 0.0199. The van der Waals surface area contributed by atoms with Gasteiger partial charge in [0, 0.05) is 48.1 Å². The number of benzene rings is 2. The molecule has 2 aromatic carbocycles. The molecule has 0 saturated carbocycles. The standard InChI is InChI=1S/C17H19ClN2O/c18-16-7-4-8-17(15(16)13-21)20-11-9-19(10-12-20)14-5-2-1-3-6-14/h1-8,21H,9-13H2. The van der Waals surface area contributed by atoms with Crippen LogP contribution in [-0.4, -0.2) is 31.3 Å². The molecule has 1 aliphatic heterocycles. The second kappa shape index (κ2) is 6.37. The molecule has 1 heterocycles. The number of nitrogens with zero attached hydrogens (tertiary/aromatic N) is 2. The van der Waals surface area contributed by atoms with Gasteiger partial charge in [0.05, 0.1) is 6.61 Å². The summed E-state index contributed by atoms with van der Waals surface area (Å²) in [7, 11) is 0. The zero-order valence-electron chi connectivity index (χ0n) is 11.9. The van der Waals surface area contributed by atoms with E-state index in [1.165, 1.54) is 5.69 Å². The van der Waals surface area contributed by atoms with Gasteiger partial charge in [-0.25, -0.2) is 0 Å². The smallest absolute Gasteiger partial charge is 0.0716 e. The van der Waals surface area contributed by atoms with Gasteiger partial charge in [-0.15, -0.1) is 0 Å². The van der Waals surface area contributed by atoms with Crippen LogP contribution < -0.4 is 9.80 Å². The summed E-state index contributed by atoms with van der Waals surface area (Å²) in [5.74, 6) is 0. The Balaban J connectivity index is 1.73. The lowest BCUT2D eigenvalue weighted by Crippen LogP contribution is -2.46. The van der Waals surface area contributed by atoms with Crippen molar-refractivity contribution in [2.75, 3.05) is 36.0 Å². The Morgan fingerprint density at radius 3 is 2.19 bits per heavy atom. The van der Waals surface area contributed by atoms with Crippen LogP contribution in [0.25, 0.3) is 0 Å². The van der Waals surface area contributed by atoms with Crippen LogP contribution in [0.3, 0.4) is 0 Å². The Hall–Kier alpha value is -1.71. The predicted octanol–water partition coefficient (Wildman–Crippen LogP) is 3.16. The number of halogens is 1. The van der Waals surface area contributed by atoms with Crippen LogP contribution in [0.1, 0.15) is 5.56 Å². The van der Waals surface area contributed by atoms with E-state index in [-0.39, 0.29) is 6.61 Å². The van der Waals surface area contributed by atoms with Crippen molar-refractivity contribution in [1.29, 1.82) is 0 Å². The van der Waals surface area contributed by atoms with E-state index in [9.17, 15) is 5.11 Å². The first-order valence-electron chi connectivity index (χ1n) is 7.23. The van der Waals surface area contributed by atoms with Crippen LogP contribution in [-0.2, 0) is 6.61 Å². The average molecular weight is 303 g/mol. The molecule has 0 aromatic heterocycles. The van der Waals surface area contributed by atoms with Crippen LogP contribution >= 0.6 is 11.6 Å². The number of anilines is 2. The third-order valence-corrected chi connectivity index (χ3v) is 4.35. The van der Waals surface area contributed by atoms with Crippen LogP contribution in [0.2, 0.25) is 5.02 Å². The highest BCUT2D eigenvalue weighted by Gasteiger charge is 2.20. The highest BCUT2D eigenvalue weighted by Crippen LogP contribution is 2.29. The van der Waals surface area contributed by atoms with Crippen molar-refractivity contribution < 1.29 is 5.11 Å². The number of rotatable bonds is 3. The maximum atomic E-state index is 9.54. The SMILES string of the molecule is OCc1c(Cl)cccc1N1CCN(c2ccccc2)CC1. The Labute approximate surface area is 130 Å². The zero-order chi connectivity index (χ0) is 14.7. The minimum Gasteiger partial charge on any atom is -0.392 e. The number of aliphatic hydroxyl groups excluding tert-OH is 1. The first-order valence-corrected chi connectivity index (χ1v) is 7.60. The summed E-state index contributed by atoms with van der Waals surface area (Å²) in [5, 5.41) is 10.2. The highest BCUT2D eigenvalue weighted by molar-refractivity contribution is 6.31. The molecular formula is C17H19ClN2O. The van der Waals surface area contributed by atoms with E-state index in [1.807, 2.05) is 24.3 Å². The normalized spacial score (nSPS) is 15.3. The Kier molecular flexibility index (Phi) is 4.32. The number of piperazine rings is 1. The van der Waals surface area contributed by atoms with E-state index >= 15 is 0 Å². The number of hydrogen-bond donors (Lipinski definition) is 1. The fourth-order valence-corrected chi connectivity index (χ4v) is 3.07. The molecule has 0 radical (unpaired) electrons. The first kappa shape index (κ1) is 14.2. The monoisotopic (exact) mass is 302 g/mol. The molecule has 110 valence electrons. The highest BCUT2D eigenvalue weighted by atomic mass is 35.5. The lowest BCUT2D eigenvalue weighted by molar-refractivity contribution is 0.282. The van der Waals surface area contributed by atoms with Gasteiger partial charge in [0.2, 0.25) is 0 Å².